The molecule has 3 atom stereocenters. The first-order valence-corrected chi connectivity index (χ1v) is 10.3. The first-order chi connectivity index (χ1) is 15.0. The number of amides is 1. The Hall–Kier alpha value is -2.12. The number of methoxy groups -OCH3 is 1. The zero-order chi connectivity index (χ0) is 21.7. The average molecular weight is 531 g/mol. The van der Waals surface area contributed by atoms with Crippen molar-refractivity contribution in [1.29, 1.82) is 0 Å². The third-order valence-electron chi connectivity index (χ3n) is 6.34. The van der Waals surface area contributed by atoms with Gasteiger partial charge in [-0.1, -0.05) is 0 Å². The summed E-state index contributed by atoms with van der Waals surface area (Å²) in [6.45, 7) is 1.82. The lowest BCUT2D eigenvalue weighted by Crippen LogP contribution is -2.47. The van der Waals surface area contributed by atoms with Crippen molar-refractivity contribution in [3.05, 3.63) is 47.2 Å². The number of halogens is 2. The van der Waals surface area contributed by atoms with Crippen LogP contribution in [-0.2, 0) is 0 Å². The second-order valence-corrected chi connectivity index (χ2v) is 8.11. The number of rotatable bonds is 4. The summed E-state index contributed by atoms with van der Waals surface area (Å²) in [6, 6.07) is 4.85. The number of carbonyl (C=O) groups is 1. The lowest BCUT2D eigenvalue weighted by Gasteiger charge is -2.40. The summed E-state index contributed by atoms with van der Waals surface area (Å²) >= 11 is 0. The molecule has 1 amide bonds. The van der Waals surface area contributed by atoms with Gasteiger partial charge in [0.25, 0.3) is 18.1 Å². The minimum Gasteiger partial charge on any atom is -0.481 e. The number of ether oxygens (including phenoxy) is 1. The van der Waals surface area contributed by atoms with Crippen molar-refractivity contribution >= 4 is 52.2 Å². The maximum atomic E-state index is 13.5. The van der Waals surface area contributed by atoms with Gasteiger partial charge in [-0.25, -0.2) is 23.3 Å². The molecule has 2 saturated heterocycles. The highest BCUT2D eigenvalue weighted by molar-refractivity contribution is 7.59. The van der Waals surface area contributed by atoms with E-state index in [0.29, 0.717) is 22.8 Å². The first-order valence-electron chi connectivity index (χ1n) is 10.3. The van der Waals surface area contributed by atoms with Crippen molar-refractivity contribution in [2.45, 2.75) is 57.0 Å². The fraction of sp³-hybridized carbons (Fsp3) is 0.476. The average Bonchev–Trinajstić information content (AvgIpc) is 3.35. The number of aryl methyl sites for hydroxylation is 1. The molecule has 0 spiro atoms. The molecular formula is C21H28F2N6O2S3. The Labute approximate surface area is 216 Å². The smallest absolute Gasteiger partial charge is 0.280 e. The van der Waals surface area contributed by atoms with Crippen LogP contribution in [0.3, 0.4) is 0 Å². The van der Waals surface area contributed by atoms with Gasteiger partial charge >= 0.3 is 0 Å². The molecule has 0 aromatic carbocycles. The molecule has 8 nitrogen and oxygen atoms in total. The highest BCUT2D eigenvalue weighted by Gasteiger charge is 2.46. The van der Waals surface area contributed by atoms with Gasteiger partial charge in [-0.15, -0.1) is 0 Å². The van der Waals surface area contributed by atoms with Crippen LogP contribution in [0.2, 0.25) is 0 Å². The van der Waals surface area contributed by atoms with E-state index in [1.54, 1.807) is 12.1 Å². The quantitative estimate of drug-likeness (QED) is 0.512. The molecule has 5 heterocycles. The summed E-state index contributed by atoms with van der Waals surface area (Å²) in [5.41, 5.74) is 1.53. The molecule has 0 radical (unpaired) electrons. The van der Waals surface area contributed by atoms with Crippen molar-refractivity contribution in [2.24, 2.45) is 0 Å². The van der Waals surface area contributed by atoms with Gasteiger partial charge in [0.2, 0.25) is 5.88 Å². The molecule has 2 bridgehead atoms. The van der Waals surface area contributed by atoms with Crippen LogP contribution in [0.1, 0.15) is 65.5 Å². The maximum absolute atomic E-state index is 13.5. The third kappa shape index (κ3) is 4.82. The molecule has 2 fully saturated rings. The monoisotopic (exact) mass is 530 g/mol. The molecule has 2 aliphatic rings. The van der Waals surface area contributed by atoms with Gasteiger partial charge in [-0.2, -0.15) is 50.6 Å². The van der Waals surface area contributed by atoms with Crippen molar-refractivity contribution in [1.82, 2.24) is 29.5 Å². The largest absolute Gasteiger partial charge is 0.481 e. The standard InChI is InChI=1S/C21H22F2N6O2.3H2S/c1-11-7-12(8-18(26-11)31-2)20(30)28-13-3-5-14(16(28)6-4-13)17-9-15(19(22)23)27-21-24-10-25-29(17)21;;;/h7-10,13-14,16,19H,3-6H2,1-2H3;3*1H2/t13-,14-,16-;;;/m0.../s1. The lowest BCUT2D eigenvalue weighted by atomic mass is 9.86. The second-order valence-electron chi connectivity index (χ2n) is 8.11. The number of hydrogen-bond donors (Lipinski definition) is 0. The molecule has 3 aromatic heterocycles. The fourth-order valence-corrected chi connectivity index (χ4v) is 5.06. The first kappa shape index (κ1) is 28.1. The molecule has 13 heteroatoms. The SMILES string of the molecule is COc1cc(C(=O)N2[C@H]3CC[C@H](c4cc(C(F)F)nc5ncnn45)[C@@H]2CC3)cc(C)n1.S.S.S. The van der Waals surface area contributed by atoms with E-state index in [9.17, 15) is 13.6 Å². The van der Waals surface area contributed by atoms with Crippen molar-refractivity contribution < 1.29 is 18.3 Å². The molecule has 34 heavy (non-hydrogen) atoms. The Balaban J connectivity index is 0.00000136. The van der Waals surface area contributed by atoms with Gasteiger partial charge < -0.3 is 9.64 Å². The van der Waals surface area contributed by atoms with Gasteiger partial charge in [0.1, 0.15) is 12.0 Å². The molecule has 3 aromatic rings. The normalized spacial score (nSPS) is 21.0. The molecule has 0 saturated carbocycles. The second kappa shape index (κ2) is 11.1. The summed E-state index contributed by atoms with van der Waals surface area (Å²) in [7, 11) is 1.52. The fourth-order valence-electron chi connectivity index (χ4n) is 5.06. The van der Waals surface area contributed by atoms with Gasteiger partial charge in [-0.05, 0) is 44.7 Å². The Morgan fingerprint density at radius 3 is 2.53 bits per heavy atom. The molecule has 5 rings (SSSR count). The van der Waals surface area contributed by atoms with Crippen LogP contribution in [0.4, 0.5) is 8.78 Å². The van der Waals surface area contributed by atoms with Gasteiger partial charge in [-0.3, -0.25) is 4.79 Å². The zero-order valence-electron chi connectivity index (χ0n) is 18.7. The minimum atomic E-state index is -2.70. The maximum Gasteiger partial charge on any atom is 0.280 e. The molecule has 0 aliphatic carbocycles. The predicted octanol–water partition coefficient (Wildman–Crippen LogP) is 3.66. The summed E-state index contributed by atoms with van der Waals surface area (Å²) in [4.78, 5) is 27.6. The summed E-state index contributed by atoms with van der Waals surface area (Å²) in [5.74, 6) is 0.334. The highest BCUT2D eigenvalue weighted by atomic mass is 32.1. The predicted molar refractivity (Wildman–Crippen MR) is 137 cm³/mol. The number of alkyl halides is 2. The van der Waals surface area contributed by atoms with Gasteiger partial charge in [0, 0.05) is 35.3 Å². The number of fused-ring (bicyclic) bond motifs is 3. The van der Waals surface area contributed by atoms with Crippen molar-refractivity contribution in [3.8, 4) is 5.88 Å². The summed E-state index contributed by atoms with van der Waals surface area (Å²) < 4.78 is 33.7. The third-order valence-corrected chi connectivity index (χ3v) is 6.34. The van der Waals surface area contributed by atoms with Crippen LogP contribution in [0.25, 0.3) is 5.78 Å². The van der Waals surface area contributed by atoms with E-state index in [-0.39, 0.29) is 75.9 Å². The summed E-state index contributed by atoms with van der Waals surface area (Å²) in [6.07, 6.45) is 1.91. The Morgan fingerprint density at radius 1 is 1.09 bits per heavy atom. The van der Waals surface area contributed by atoms with Crippen LogP contribution in [-0.4, -0.2) is 54.6 Å². The molecular weight excluding hydrogens is 502 g/mol. The van der Waals surface area contributed by atoms with Gasteiger partial charge in [0.15, 0.2) is 0 Å². The van der Waals surface area contributed by atoms with Crippen LogP contribution >= 0.6 is 40.5 Å². The number of pyridine rings is 1. The van der Waals surface area contributed by atoms with E-state index < -0.39 is 6.43 Å². The van der Waals surface area contributed by atoms with Gasteiger partial charge in [0.05, 0.1) is 12.8 Å². The van der Waals surface area contributed by atoms with E-state index in [1.165, 1.54) is 24.0 Å². The van der Waals surface area contributed by atoms with E-state index >= 15 is 0 Å². The Kier molecular flexibility index (Phi) is 9.16. The number of carbonyl (C=O) groups excluding carboxylic acids is 1. The number of nitrogens with zero attached hydrogens (tertiary/aromatic N) is 6. The number of aromatic nitrogens is 5. The van der Waals surface area contributed by atoms with E-state index in [4.69, 9.17) is 4.74 Å². The molecule has 0 unspecified atom stereocenters. The molecule has 0 N–H and O–H groups in total. The highest BCUT2D eigenvalue weighted by Crippen LogP contribution is 2.45. The zero-order valence-corrected chi connectivity index (χ0v) is 21.7. The molecule has 186 valence electrons. The molecule has 2 aliphatic heterocycles. The van der Waals surface area contributed by atoms with E-state index in [0.717, 1.165) is 25.7 Å². The topological polar surface area (TPSA) is 85.5 Å². The minimum absolute atomic E-state index is 0. The summed E-state index contributed by atoms with van der Waals surface area (Å²) in [5, 5.41) is 4.21. The Bertz CT molecular complexity index is 1160. The van der Waals surface area contributed by atoms with E-state index in [2.05, 4.69) is 20.1 Å². The number of hydrogen-bond acceptors (Lipinski definition) is 6. The van der Waals surface area contributed by atoms with E-state index in [1.807, 2.05) is 11.8 Å². The lowest BCUT2D eigenvalue weighted by molar-refractivity contribution is 0.0553. The van der Waals surface area contributed by atoms with Crippen LogP contribution in [0, 0.1) is 6.92 Å². The van der Waals surface area contributed by atoms with Crippen LogP contribution in [0.15, 0.2) is 24.5 Å². The van der Waals surface area contributed by atoms with Crippen LogP contribution in [0.5, 0.6) is 5.88 Å². The van der Waals surface area contributed by atoms with Crippen molar-refractivity contribution in [3.63, 3.8) is 0 Å². The van der Waals surface area contributed by atoms with Crippen molar-refractivity contribution in [2.75, 3.05) is 7.11 Å². The Morgan fingerprint density at radius 2 is 1.82 bits per heavy atom. The van der Waals surface area contributed by atoms with Crippen LogP contribution < -0.4 is 4.74 Å². The number of piperidine rings is 1.